The molecule has 1 aliphatic heterocycles. The van der Waals surface area contributed by atoms with Gasteiger partial charge in [-0.1, -0.05) is 12.1 Å². The van der Waals surface area contributed by atoms with Crippen molar-refractivity contribution >= 4 is 5.91 Å². The number of amides is 1. The largest absolute Gasteiger partial charge is 0.394 e. The van der Waals surface area contributed by atoms with Crippen LogP contribution < -0.4 is 0 Å². The number of likely N-dealkylation sites (tertiary alicyclic amines) is 1. The summed E-state index contributed by atoms with van der Waals surface area (Å²) in [7, 11) is 0. The molecule has 0 aromatic heterocycles. The van der Waals surface area contributed by atoms with E-state index in [0.717, 1.165) is 31.4 Å². The van der Waals surface area contributed by atoms with Crippen LogP contribution in [0.1, 0.15) is 30.7 Å². The minimum absolute atomic E-state index is 0.0127. The van der Waals surface area contributed by atoms with Gasteiger partial charge in [-0.05, 0) is 42.9 Å². The lowest BCUT2D eigenvalue weighted by molar-refractivity contribution is -0.134. The number of carbonyl (C=O) groups is 1. The van der Waals surface area contributed by atoms with Gasteiger partial charge >= 0.3 is 0 Å². The van der Waals surface area contributed by atoms with Gasteiger partial charge < -0.3 is 10.0 Å². The number of carbonyl (C=O) groups excluding carboxylic acids is 1. The second-order valence-corrected chi connectivity index (χ2v) is 5.51. The molecule has 2 aliphatic rings. The highest BCUT2D eigenvalue weighted by Gasteiger charge is 2.47. The first-order valence-electron chi connectivity index (χ1n) is 6.87. The van der Waals surface area contributed by atoms with Gasteiger partial charge in [0.05, 0.1) is 12.6 Å². The molecule has 2 fully saturated rings. The first-order chi connectivity index (χ1) is 9.20. The second kappa shape index (κ2) is 4.93. The van der Waals surface area contributed by atoms with Crippen molar-refractivity contribution < 1.29 is 14.3 Å². The molecule has 3 nitrogen and oxygen atoms in total. The molecule has 3 rings (SSSR count). The second-order valence-electron chi connectivity index (χ2n) is 5.51. The van der Waals surface area contributed by atoms with Crippen molar-refractivity contribution in [2.45, 2.75) is 31.2 Å². The van der Waals surface area contributed by atoms with Crippen LogP contribution in [-0.2, 0) is 4.79 Å². The van der Waals surface area contributed by atoms with Crippen molar-refractivity contribution in [3.8, 4) is 0 Å². The summed E-state index contributed by atoms with van der Waals surface area (Å²) < 4.78 is 13.2. The van der Waals surface area contributed by atoms with Gasteiger partial charge in [0, 0.05) is 12.5 Å². The maximum Gasteiger partial charge on any atom is 0.226 e. The van der Waals surface area contributed by atoms with Gasteiger partial charge in [0.25, 0.3) is 0 Å². The molecule has 1 N–H and O–H groups in total. The number of halogens is 1. The number of hydrogen-bond acceptors (Lipinski definition) is 2. The van der Waals surface area contributed by atoms with E-state index in [1.807, 2.05) is 11.0 Å². The molecule has 0 bridgehead atoms. The summed E-state index contributed by atoms with van der Waals surface area (Å²) in [4.78, 5) is 14.2. The van der Waals surface area contributed by atoms with Crippen LogP contribution in [0.4, 0.5) is 4.39 Å². The Morgan fingerprint density at radius 1 is 1.47 bits per heavy atom. The van der Waals surface area contributed by atoms with Crippen LogP contribution in [0.5, 0.6) is 0 Å². The van der Waals surface area contributed by atoms with Crippen molar-refractivity contribution in [3.05, 3.63) is 35.6 Å². The lowest BCUT2D eigenvalue weighted by Gasteiger charge is -2.23. The molecule has 1 saturated carbocycles. The van der Waals surface area contributed by atoms with Crippen molar-refractivity contribution in [1.29, 1.82) is 0 Å². The number of rotatable bonds is 3. The number of aliphatic hydroxyl groups excluding tert-OH is 1. The maximum absolute atomic E-state index is 13.2. The first kappa shape index (κ1) is 12.6. The predicted octanol–water partition coefficient (Wildman–Crippen LogP) is 1.91. The molecule has 0 unspecified atom stereocenters. The van der Waals surface area contributed by atoms with Crippen LogP contribution in [0.3, 0.4) is 0 Å². The Bertz CT molecular complexity index is 491. The highest BCUT2D eigenvalue weighted by molar-refractivity contribution is 5.83. The average Bonchev–Trinajstić information content (AvgIpc) is 3.07. The van der Waals surface area contributed by atoms with Gasteiger partial charge in [0.15, 0.2) is 0 Å². The highest BCUT2D eigenvalue weighted by Crippen LogP contribution is 2.49. The molecule has 4 heteroatoms. The van der Waals surface area contributed by atoms with Crippen LogP contribution >= 0.6 is 0 Å². The fourth-order valence-corrected chi connectivity index (χ4v) is 3.10. The van der Waals surface area contributed by atoms with E-state index < -0.39 is 0 Å². The molecule has 3 atom stereocenters. The Hall–Kier alpha value is -1.42. The summed E-state index contributed by atoms with van der Waals surface area (Å²) in [6.07, 6.45) is 2.66. The third-order valence-electron chi connectivity index (χ3n) is 4.26. The van der Waals surface area contributed by atoms with E-state index in [-0.39, 0.29) is 36.2 Å². The molecular weight excluding hydrogens is 245 g/mol. The Morgan fingerprint density at radius 2 is 2.32 bits per heavy atom. The molecule has 1 saturated heterocycles. The summed E-state index contributed by atoms with van der Waals surface area (Å²) in [6.45, 7) is 0.791. The van der Waals surface area contributed by atoms with Gasteiger partial charge in [0.1, 0.15) is 5.82 Å². The molecule has 102 valence electrons. The van der Waals surface area contributed by atoms with Crippen molar-refractivity contribution in [2.24, 2.45) is 5.92 Å². The molecule has 1 aromatic rings. The quantitative estimate of drug-likeness (QED) is 0.905. The minimum Gasteiger partial charge on any atom is -0.394 e. The Morgan fingerprint density at radius 3 is 3.05 bits per heavy atom. The molecule has 1 heterocycles. The predicted molar refractivity (Wildman–Crippen MR) is 69.1 cm³/mol. The average molecular weight is 263 g/mol. The van der Waals surface area contributed by atoms with Crippen LogP contribution in [0.2, 0.25) is 0 Å². The van der Waals surface area contributed by atoms with E-state index >= 15 is 0 Å². The molecule has 1 aromatic carbocycles. The third kappa shape index (κ3) is 2.37. The lowest BCUT2D eigenvalue weighted by atomic mass is 10.1. The lowest BCUT2D eigenvalue weighted by Crippen LogP contribution is -2.38. The smallest absolute Gasteiger partial charge is 0.226 e. The summed E-state index contributed by atoms with van der Waals surface area (Å²) >= 11 is 0. The van der Waals surface area contributed by atoms with Gasteiger partial charge in [-0.3, -0.25) is 4.79 Å². The van der Waals surface area contributed by atoms with Gasteiger partial charge in [0.2, 0.25) is 5.91 Å². The van der Waals surface area contributed by atoms with E-state index in [4.69, 9.17) is 0 Å². The van der Waals surface area contributed by atoms with Gasteiger partial charge in [-0.2, -0.15) is 0 Å². The first-order valence-corrected chi connectivity index (χ1v) is 6.87. The maximum atomic E-state index is 13.2. The molecule has 1 amide bonds. The molecule has 1 aliphatic carbocycles. The topological polar surface area (TPSA) is 40.5 Å². The van der Waals surface area contributed by atoms with Crippen LogP contribution in [0.15, 0.2) is 24.3 Å². The Kier molecular flexibility index (Phi) is 3.27. The van der Waals surface area contributed by atoms with Crippen molar-refractivity contribution in [3.63, 3.8) is 0 Å². The summed E-state index contributed by atoms with van der Waals surface area (Å²) in [5, 5.41) is 9.26. The standard InChI is InChI=1S/C15H18FNO2/c16-11-4-1-3-10(7-11)13-8-14(13)15(19)17-6-2-5-12(17)9-18/h1,3-4,7,12-14,18H,2,5-6,8-9H2/t12-,13-,14+/m0/s1. The molecular formula is C15H18FNO2. The third-order valence-corrected chi connectivity index (χ3v) is 4.26. The summed E-state index contributed by atoms with van der Waals surface area (Å²) in [5.74, 6) is 0.0212. The van der Waals surface area contributed by atoms with Crippen LogP contribution in [-0.4, -0.2) is 35.1 Å². The molecule has 0 spiro atoms. The molecule has 0 radical (unpaired) electrons. The van der Waals surface area contributed by atoms with Crippen LogP contribution in [0, 0.1) is 11.7 Å². The SMILES string of the molecule is O=C([C@@H]1C[C@H]1c1cccc(F)c1)N1CCC[C@H]1CO. The zero-order valence-electron chi connectivity index (χ0n) is 10.8. The normalized spacial score (nSPS) is 29.6. The van der Waals surface area contributed by atoms with E-state index in [0.29, 0.717) is 0 Å². The Balaban J connectivity index is 1.68. The van der Waals surface area contributed by atoms with E-state index in [1.165, 1.54) is 12.1 Å². The van der Waals surface area contributed by atoms with Crippen molar-refractivity contribution in [2.75, 3.05) is 13.2 Å². The monoisotopic (exact) mass is 263 g/mol. The number of benzene rings is 1. The minimum atomic E-state index is -0.245. The van der Waals surface area contributed by atoms with E-state index in [2.05, 4.69) is 0 Å². The fraction of sp³-hybridized carbons (Fsp3) is 0.533. The number of hydrogen-bond donors (Lipinski definition) is 1. The molecule has 19 heavy (non-hydrogen) atoms. The summed E-state index contributed by atoms with van der Waals surface area (Å²) in [5.41, 5.74) is 0.915. The van der Waals surface area contributed by atoms with Crippen LogP contribution in [0.25, 0.3) is 0 Å². The highest BCUT2D eigenvalue weighted by atomic mass is 19.1. The zero-order chi connectivity index (χ0) is 13.4. The van der Waals surface area contributed by atoms with Gasteiger partial charge in [-0.25, -0.2) is 4.39 Å². The van der Waals surface area contributed by atoms with E-state index in [9.17, 15) is 14.3 Å². The van der Waals surface area contributed by atoms with E-state index in [1.54, 1.807) is 6.07 Å². The Labute approximate surface area is 112 Å². The van der Waals surface area contributed by atoms with Gasteiger partial charge in [-0.15, -0.1) is 0 Å². The number of aliphatic hydroxyl groups is 1. The van der Waals surface area contributed by atoms with Crippen molar-refractivity contribution in [1.82, 2.24) is 4.90 Å². The summed E-state index contributed by atoms with van der Waals surface area (Å²) in [6, 6.07) is 6.50. The number of nitrogens with zero attached hydrogens (tertiary/aromatic N) is 1. The zero-order valence-corrected chi connectivity index (χ0v) is 10.8. The fourth-order valence-electron chi connectivity index (χ4n) is 3.10.